The molecule has 1 unspecified atom stereocenters. The van der Waals surface area contributed by atoms with Crippen LogP contribution in [0.3, 0.4) is 0 Å². The molecule has 0 saturated heterocycles. The van der Waals surface area contributed by atoms with E-state index in [1.807, 2.05) is 0 Å². The topological polar surface area (TPSA) is 61.1 Å². The summed E-state index contributed by atoms with van der Waals surface area (Å²) in [7, 11) is 0. The fourth-order valence-corrected chi connectivity index (χ4v) is 3.33. The minimum absolute atomic E-state index is 0.115. The van der Waals surface area contributed by atoms with E-state index >= 15 is 0 Å². The Hall–Kier alpha value is -2.60. The quantitative estimate of drug-likeness (QED) is 0.594. The second kappa shape index (κ2) is 7.09. The maximum atomic E-state index is 13.3. The molecule has 28 heavy (non-hydrogen) atoms. The van der Waals surface area contributed by atoms with Crippen LogP contribution in [0, 0.1) is 16.7 Å². The predicted molar refractivity (Wildman–Crippen MR) is 87.7 cm³/mol. The van der Waals surface area contributed by atoms with Gasteiger partial charge in [-0.2, -0.15) is 31.6 Å². The highest BCUT2D eigenvalue weighted by Crippen LogP contribution is 2.57. The van der Waals surface area contributed by atoms with Gasteiger partial charge >= 0.3 is 12.4 Å². The maximum absolute atomic E-state index is 13.3. The van der Waals surface area contributed by atoms with Gasteiger partial charge in [0.25, 0.3) is 5.60 Å². The minimum Gasteiger partial charge on any atom is -0.373 e. The highest BCUT2D eigenvalue weighted by Gasteiger charge is 2.79. The molecule has 1 N–H and O–H groups in total. The van der Waals surface area contributed by atoms with Crippen molar-refractivity contribution in [3.8, 4) is 6.07 Å². The van der Waals surface area contributed by atoms with E-state index in [4.69, 9.17) is 0 Å². The molecule has 1 aromatic rings. The van der Waals surface area contributed by atoms with Crippen molar-refractivity contribution in [2.45, 2.75) is 37.7 Å². The molecule has 150 valence electrons. The fourth-order valence-electron chi connectivity index (χ4n) is 3.33. The molecule has 0 bridgehead atoms. The van der Waals surface area contributed by atoms with Crippen LogP contribution >= 0.6 is 0 Å². The maximum Gasteiger partial charge on any atom is 0.427 e. The molecule has 1 atom stereocenters. The predicted octanol–water partition coefficient (Wildman–Crippen LogP) is 4.53. The van der Waals surface area contributed by atoms with Crippen LogP contribution < -0.4 is 0 Å². The van der Waals surface area contributed by atoms with Gasteiger partial charge in [0, 0.05) is 12.0 Å². The summed E-state index contributed by atoms with van der Waals surface area (Å²) in [5, 5.41) is 19.1. The summed E-state index contributed by atoms with van der Waals surface area (Å²) in [5.74, 6) is 0. The van der Waals surface area contributed by atoms with Gasteiger partial charge in [-0.05, 0) is 23.1 Å². The van der Waals surface area contributed by atoms with E-state index in [1.54, 1.807) is 37.3 Å². The lowest BCUT2D eigenvalue weighted by Gasteiger charge is -2.44. The van der Waals surface area contributed by atoms with Crippen LogP contribution in [-0.2, 0) is 11.2 Å². The summed E-state index contributed by atoms with van der Waals surface area (Å²) in [4.78, 5) is 11.5. The third kappa shape index (κ3) is 3.11. The number of carbonyl (C=O) groups is 1. The number of carbonyl (C=O) groups excluding carboxylic acids is 1. The minimum atomic E-state index is -6.20. The number of hydrogen-bond acceptors (Lipinski definition) is 3. The van der Waals surface area contributed by atoms with Crippen molar-refractivity contribution >= 4 is 11.9 Å². The molecule has 9 heteroatoms. The van der Waals surface area contributed by atoms with Crippen molar-refractivity contribution in [2.75, 3.05) is 0 Å². The van der Waals surface area contributed by atoms with E-state index in [0.29, 0.717) is 18.1 Å². The lowest BCUT2D eigenvalue weighted by atomic mass is 9.64. The third-order valence-electron chi connectivity index (χ3n) is 4.87. The molecule has 1 aliphatic rings. The molecule has 0 aromatic heterocycles. The molecule has 0 saturated carbocycles. The van der Waals surface area contributed by atoms with Gasteiger partial charge in [0.2, 0.25) is 0 Å². The summed E-state index contributed by atoms with van der Waals surface area (Å²) >= 11 is 0. The molecule has 0 fully saturated rings. The van der Waals surface area contributed by atoms with Crippen molar-refractivity contribution in [1.29, 1.82) is 5.26 Å². The zero-order chi connectivity index (χ0) is 21.4. The van der Waals surface area contributed by atoms with Crippen LogP contribution in [0.1, 0.15) is 24.5 Å². The average molecular weight is 403 g/mol. The summed E-state index contributed by atoms with van der Waals surface area (Å²) in [6.07, 6.45) is -12.5. The molecule has 2 rings (SSSR count). The first-order valence-corrected chi connectivity index (χ1v) is 8.11. The largest absolute Gasteiger partial charge is 0.427 e. The molecule has 0 amide bonds. The zero-order valence-electron chi connectivity index (χ0n) is 14.5. The Morgan fingerprint density at radius 2 is 1.75 bits per heavy atom. The Kier molecular flexibility index (Phi) is 5.50. The number of halogens is 6. The van der Waals surface area contributed by atoms with Gasteiger partial charge in [0.15, 0.2) is 0 Å². The average Bonchev–Trinajstić information content (AvgIpc) is 2.64. The van der Waals surface area contributed by atoms with Crippen LogP contribution in [0.5, 0.6) is 0 Å². The molecule has 1 aliphatic carbocycles. The van der Waals surface area contributed by atoms with Gasteiger partial charge in [-0.15, -0.1) is 0 Å². The SMILES string of the molecule is CCc1ccccc1C1=C(C#N)CC(C=O)(C(O)(C(F)(F)F)C(F)(F)F)C=C1. The molecule has 0 heterocycles. The van der Waals surface area contributed by atoms with Crippen molar-refractivity contribution in [3.05, 3.63) is 53.1 Å². The first-order chi connectivity index (χ1) is 12.9. The molecule has 3 nitrogen and oxygen atoms in total. The Bertz CT molecular complexity index is 862. The first-order valence-electron chi connectivity index (χ1n) is 8.11. The molecular weight excluding hydrogens is 388 g/mol. The van der Waals surface area contributed by atoms with Crippen LogP contribution in [0.2, 0.25) is 0 Å². The summed E-state index contributed by atoms with van der Waals surface area (Å²) in [6.45, 7) is 1.79. The smallest absolute Gasteiger partial charge is 0.373 e. The van der Waals surface area contributed by atoms with E-state index in [9.17, 15) is 41.5 Å². The third-order valence-corrected chi connectivity index (χ3v) is 4.87. The molecular formula is C19H15F6NO2. The number of rotatable bonds is 4. The van der Waals surface area contributed by atoms with Gasteiger partial charge < -0.3 is 9.90 Å². The lowest BCUT2D eigenvalue weighted by Crippen LogP contribution is -2.67. The van der Waals surface area contributed by atoms with E-state index in [0.717, 1.165) is 11.6 Å². The highest BCUT2D eigenvalue weighted by atomic mass is 19.4. The van der Waals surface area contributed by atoms with Gasteiger partial charge in [0.1, 0.15) is 6.29 Å². The number of alkyl halides is 6. The standard InChI is InChI=1S/C19H15F6NO2/c1-2-12-5-3-4-6-14(12)15-7-8-16(11-27,9-13(15)10-26)17(28,18(20,21)22)19(23,24)25/h3-8,11,28H,2,9H2,1H3. The number of aliphatic hydroxyl groups is 1. The van der Waals surface area contributed by atoms with Crippen LogP contribution in [0.4, 0.5) is 26.3 Å². The molecule has 0 radical (unpaired) electrons. The van der Waals surface area contributed by atoms with Gasteiger partial charge in [-0.1, -0.05) is 43.3 Å². The van der Waals surface area contributed by atoms with Gasteiger partial charge in [-0.3, -0.25) is 0 Å². The zero-order valence-corrected chi connectivity index (χ0v) is 14.5. The summed E-state index contributed by atoms with van der Waals surface area (Å²) in [6, 6.07) is 8.17. The van der Waals surface area contributed by atoms with Crippen LogP contribution in [0.15, 0.2) is 42.0 Å². The lowest BCUT2D eigenvalue weighted by molar-refractivity contribution is -0.390. The molecule has 1 aromatic carbocycles. The van der Waals surface area contributed by atoms with Gasteiger partial charge in [0.05, 0.1) is 11.5 Å². The van der Waals surface area contributed by atoms with Crippen LogP contribution in [-0.4, -0.2) is 29.3 Å². The monoisotopic (exact) mass is 403 g/mol. The highest BCUT2D eigenvalue weighted by molar-refractivity contribution is 5.85. The van der Waals surface area contributed by atoms with Crippen molar-refractivity contribution in [2.24, 2.45) is 5.41 Å². The number of hydrogen-bond donors (Lipinski definition) is 1. The molecule has 0 spiro atoms. The number of nitriles is 1. The summed E-state index contributed by atoms with van der Waals surface area (Å²) in [5.41, 5.74) is -7.93. The second-order valence-corrected chi connectivity index (χ2v) is 6.39. The Morgan fingerprint density at radius 1 is 1.18 bits per heavy atom. The second-order valence-electron chi connectivity index (χ2n) is 6.39. The number of benzene rings is 1. The molecule has 0 aliphatic heterocycles. The van der Waals surface area contributed by atoms with E-state index in [-0.39, 0.29) is 5.57 Å². The number of allylic oxidation sites excluding steroid dienone is 3. The van der Waals surface area contributed by atoms with E-state index < -0.39 is 41.6 Å². The normalized spacial score (nSPS) is 20.8. The van der Waals surface area contributed by atoms with E-state index in [1.165, 1.54) is 0 Å². The Morgan fingerprint density at radius 3 is 2.21 bits per heavy atom. The van der Waals surface area contributed by atoms with Crippen molar-refractivity contribution in [1.82, 2.24) is 0 Å². The summed E-state index contributed by atoms with van der Waals surface area (Å²) < 4.78 is 79.9. The number of aldehydes is 1. The first kappa shape index (κ1) is 21.7. The Labute approximate surface area is 156 Å². The van der Waals surface area contributed by atoms with Crippen molar-refractivity contribution in [3.63, 3.8) is 0 Å². The van der Waals surface area contributed by atoms with Gasteiger partial charge in [-0.25, -0.2) is 0 Å². The number of nitrogens with zero attached hydrogens (tertiary/aromatic N) is 1. The van der Waals surface area contributed by atoms with Crippen molar-refractivity contribution < 1.29 is 36.2 Å². The fraction of sp³-hybridized carbons (Fsp3) is 0.368. The Balaban J connectivity index is 2.71. The number of aryl methyl sites for hydroxylation is 1. The van der Waals surface area contributed by atoms with Crippen LogP contribution in [0.25, 0.3) is 5.57 Å². The van der Waals surface area contributed by atoms with E-state index in [2.05, 4.69) is 0 Å².